The molecule has 11 heteroatoms. The molecule has 0 fully saturated rings. The second kappa shape index (κ2) is 11.1. The van der Waals surface area contributed by atoms with Gasteiger partial charge in [0.2, 0.25) is 0 Å². The molecule has 0 aliphatic carbocycles. The van der Waals surface area contributed by atoms with E-state index < -0.39 is 15.9 Å². The number of amides is 1. The smallest absolute Gasteiger partial charge is 0.277 e. The number of benzene rings is 3. The first-order chi connectivity index (χ1) is 18.8. The number of pyridine rings is 1. The summed E-state index contributed by atoms with van der Waals surface area (Å²) in [5.74, 6) is 0.435. The van der Waals surface area contributed by atoms with Crippen LogP contribution >= 0.6 is 11.6 Å². The summed E-state index contributed by atoms with van der Waals surface area (Å²) in [4.78, 5) is 25.9. The van der Waals surface area contributed by atoms with Gasteiger partial charge in [0.15, 0.2) is 11.6 Å². The molecule has 3 aromatic carbocycles. The number of fused-ring (bicyclic) bond motifs is 1. The third-order valence-corrected chi connectivity index (χ3v) is 7.21. The van der Waals surface area contributed by atoms with E-state index in [1.54, 1.807) is 83.7 Å². The van der Waals surface area contributed by atoms with Crippen LogP contribution in [0.5, 0.6) is 5.75 Å². The second-order valence-corrected chi connectivity index (χ2v) is 10.4. The molecule has 0 aliphatic heterocycles. The molecule has 0 bridgehead atoms. The number of nitrogens with one attached hydrogen (secondary N) is 1. The van der Waals surface area contributed by atoms with E-state index in [1.807, 2.05) is 13.0 Å². The maximum absolute atomic E-state index is 13.2. The van der Waals surface area contributed by atoms with Crippen molar-refractivity contribution < 1.29 is 17.9 Å². The monoisotopic (exact) mass is 559 g/mol. The van der Waals surface area contributed by atoms with Crippen molar-refractivity contribution in [3.05, 3.63) is 113 Å². The summed E-state index contributed by atoms with van der Waals surface area (Å²) in [6.07, 6.45) is 3.25. The molecule has 0 saturated heterocycles. The number of para-hydroxylation sites is 2. The Morgan fingerprint density at radius 2 is 1.56 bits per heavy atom. The number of carbonyl (C=O) groups is 1. The van der Waals surface area contributed by atoms with Gasteiger partial charge in [0.25, 0.3) is 15.9 Å². The predicted molar refractivity (Wildman–Crippen MR) is 149 cm³/mol. The first-order valence-corrected chi connectivity index (χ1v) is 13.7. The van der Waals surface area contributed by atoms with Crippen LogP contribution in [0.2, 0.25) is 5.02 Å². The van der Waals surface area contributed by atoms with E-state index in [1.165, 1.54) is 12.1 Å². The molecule has 2 heterocycles. The standard InChI is InChI=1S/C28H22ClN5O4S/c1-2-38-22-11-13-23(14-12-22)39(36,37)33-26-27(32-25-6-4-3-5-24(25)31-26)34-17-15-21(16-18-34)30-28(35)19-7-9-20(29)10-8-19/h3-18H,2H2,1H3,(H,31,33). The van der Waals surface area contributed by atoms with Gasteiger partial charge in [-0.05, 0) is 79.7 Å². The average Bonchev–Trinajstić information content (AvgIpc) is 2.94. The van der Waals surface area contributed by atoms with Crippen molar-refractivity contribution in [1.29, 1.82) is 0 Å². The maximum atomic E-state index is 13.2. The minimum Gasteiger partial charge on any atom is -0.494 e. The Morgan fingerprint density at radius 1 is 0.923 bits per heavy atom. The number of anilines is 1. The molecule has 0 radical (unpaired) electrons. The predicted octanol–water partition coefficient (Wildman–Crippen LogP) is 5.01. The highest BCUT2D eigenvalue weighted by Gasteiger charge is 2.19. The second-order valence-electron chi connectivity index (χ2n) is 8.28. The first-order valence-electron chi connectivity index (χ1n) is 11.9. The fourth-order valence-electron chi connectivity index (χ4n) is 3.72. The Labute approximate surface area is 229 Å². The van der Waals surface area contributed by atoms with Crippen LogP contribution in [0.25, 0.3) is 16.9 Å². The maximum Gasteiger partial charge on any atom is 0.277 e. The van der Waals surface area contributed by atoms with Crippen LogP contribution in [0, 0.1) is 0 Å². The lowest BCUT2D eigenvalue weighted by molar-refractivity contribution is 0.0998. The van der Waals surface area contributed by atoms with Crippen molar-refractivity contribution >= 4 is 44.4 Å². The highest BCUT2D eigenvalue weighted by molar-refractivity contribution is 7.92. The van der Waals surface area contributed by atoms with E-state index in [0.717, 1.165) is 0 Å². The first kappa shape index (κ1) is 26.1. The number of ether oxygens (including phenoxy) is 1. The highest BCUT2D eigenvalue weighted by Crippen LogP contribution is 2.24. The van der Waals surface area contributed by atoms with Gasteiger partial charge < -0.3 is 9.30 Å². The van der Waals surface area contributed by atoms with Crippen LogP contribution in [0.1, 0.15) is 17.3 Å². The van der Waals surface area contributed by atoms with Crippen LogP contribution in [-0.2, 0) is 10.0 Å². The van der Waals surface area contributed by atoms with Crippen LogP contribution in [0.4, 0.5) is 5.82 Å². The van der Waals surface area contributed by atoms with Gasteiger partial charge in [-0.3, -0.25) is 9.52 Å². The van der Waals surface area contributed by atoms with E-state index in [4.69, 9.17) is 16.3 Å². The molecule has 39 heavy (non-hydrogen) atoms. The third kappa shape index (κ3) is 5.97. The van der Waals surface area contributed by atoms with E-state index in [9.17, 15) is 13.2 Å². The summed E-state index contributed by atoms with van der Waals surface area (Å²) in [5.41, 5.74) is 1.50. The summed E-state index contributed by atoms with van der Waals surface area (Å²) >= 11 is 5.89. The van der Waals surface area contributed by atoms with Crippen molar-refractivity contribution in [2.75, 3.05) is 11.3 Å². The molecule has 196 valence electrons. The number of sulfonamides is 1. The lowest BCUT2D eigenvalue weighted by Crippen LogP contribution is -2.17. The van der Waals surface area contributed by atoms with Gasteiger partial charge >= 0.3 is 0 Å². The average molecular weight is 560 g/mol. The summed E-state index contributed by atoms with van der Waals surface area (Å²) in [5, 5.41) is 0.939. The van der Waals surface area contributed by atoms with Crippen LogP contribution in [-0.4, -0.2) is 35.5 Å². The Bertz CT molecular complexity index is 1820. The van der Waals surface area contributed by atoms with Crippen LogP contribution in [0.3, 0.4) is 0 Å². The molecule has 0 saturated carbocycles. The van der Waals surface area contributed by atoms with Crippen molar-refractivity contribution in [1.82, 2.24) is 14.5 Å². The van der Waals surface area contributed by atoms with Crippen LogP contribution in [0.15, 0.2) is 107 Å². The minimum absolute atomic E-state index is 0.0366. The molecular weight excluding hydrogens is 538 g/mol. The molecule has 1 N–H and O–H groups in total. The van der Waals surface area contributed by atoms with E-state index in [2.05, 4.69) is 19.7 Å². The summed E-state index contributed by atoms with van der Waals surface area (Å²) in [7, 11) is -4.00. The molecular formula is C28H22ClN5O4S. The fraction of sp³-hybridized carbons (Fsp3) is 0.0714. The van der Waals surface area contributed by atoms with Gasteiger partial charge in [0.05, 0.1) is 27.9 Å². The number of aromatic nitrogens is 3. The zero-order valence-corrected chi connectivity index (χ0v) is 22.2. The van der Waals surface area contributed by atoms with Crippen LogP contribution < -0.4 is 14.8 Å². The van der Waals surface area contributed by atoms with Crippen molar-refractivity contribution in [2.45, 2.75) is 11.8 Å². The number of rotatable bonds is 7. The number of hydrogen-bond acceptors (Lipinski definition) is 6. The molecule has 0 unspecified atom stereocenters. The quantitative estimate of drug-likeness (QED) is 0.299. The molecule has 0 aliphatic rings. The Kier molecular flexibility index (Phi) is 7.40. The SMILES string of the molecule is CCOc1ccc(S(=O)(=O)Nc2nc3ccccc3nc2-n2ccc(=NC(=O)c3ccc(Cl)cc3)cc2)cc1. The Balaban J connectivity index is 1.50. The van der Waals surface area contributed by atoms with Crippen molar-refractivity contribution in [2.24, 2.45) is 4.99 Å². The number of halogens is 1. The van der Waals surface area contributed by atoms with Gasteiger partial charge in [-0.2, -0.15) is 0 Å². The van der Waals surface area contributed by atoms with E-state index in [0.29, 0.717) is 39.3 Å². The Morgan fingerprint density at radius 3 is 2.21 bits per heavy atom. The molecule has 0 spiro atoms. The zero-order chi connectivity index (χ0) is 27.4. The zero-order valence-electron chi connectivity index (χ0n) is 20.7. The third-order valence-electron chi connectivity index (χ3n) is 5.61. The van der Waals surface area contributed by atoms with Gasteiger partial charge in [0.1, 0.15) is 5.75 Å². The van der Waals surface area contributed by atoms with Gasteiger partial charge in [-0.25, -0.2) is 23.4 Å². The number of nitrogens with zero attached hydrogens (tertiary/aromatic N) is 4. The fourth-order valence-corrected chi connectivity index (χ4v) is 4.85. The van der Waals surface area contributed by atoms with Gasteiger partial charge in [0, 0.05) is 23.0 Å². The Hall–Kier alpha value is -4.54. The van der Waals surface area contributed by atoms with E-state index in [-0.39, 0.29) is 16.5 Å². The topological polar surface area (TPSA) is 116 Å². The largest absolute Gasteiger partial charge is 0.494 e. The number of carbonyl (C=O) groups excluding carboxylic acids is 1. The minimum atomic E-state index is -4.00. The van der Waals surface area contributed by atoms with Crippen molar-refractivity contribution in [3.8, 4) is 11.6 Å². The molecule has 0 atom stereocenters. The lowest BCUT2D eigenvalue weighted by Gasteiger charge is -2.14. The summed E-state index contributed by atoms with van der Waals surface area (Å²) in [6.45, 7) is 2.32. The van der Waals surface area contributed by atoms with Crippen molar-refractivity contribution in [3.63, 3.8) is 0 Å². The molecule has 5 rings (SSSR count). The van der Waals surface area contributed by atoms with E-state index >= 15 is 0 Å². The molecule has 2 aromatic heterocycles. The summed E-state index contributed by atoms with van der Waals surface area (Å²) in [6, 6.07) is 22.9. The summed E-state index contributed by atoms with van der Waals surface area (Å²) < 4.78 is 36.0. The molecule has 9 nitrogen and oxygen atoms in total. The lowest BCUT2D eigenvalue weighted by atomic mass is 10.2. The number of hydrogen-bond donors (Lipinski definition) is 1. The van der Waals surface area contributed by atoms with Gasteiger partial charge in [-0.15, -0.1) is 0 Å². The molecule has 1 amide bonds. The molecule has 5 aromatic rings. The normalized spacial score (nSPS) is 11.2. The highest BCUT2D eigenvalue weighted by atomic mass is 35.5. The van der Waals surface area contributed by atoms with Gasteiger partial charge in [-0.1, -0.05) is 23.7 Å².